The lowest BCUT2D eigenvalue weighted by Crippen LogP contribution is -2.32. The van der Waals surface area contributed by atoms with Crippen LogP contribution >= 0.6 is 24.0 Å². The molecule has 1 N–H and O–H groups in total. The zero-order valence-electron chi connectivity index (χ0n) is 26.1. The van der Waals surface area contributed by atoms with Crippen molar-refractivity contribution in [1.29, 1.82) is 0 Å². The number of amides is 1. The molecule has 4 aromatic rings. The van der Waals surface area contributed by atoms with E-state index in [0.717, 1.165) is 28.1 Å². The van der Waals surface area contributed by atoms with E-state index in [4.69, 9.17) is 17.1 Å². The van der Waals surface area contributed by atoms with Gasteiger partial charge in [-0.3, -0.25) is 14.5 Å². The minimum atomic E-state index is -4.76. The van der Waals surface area contributed by atoms with Crippen molar-refractivity contribution in [2.45, 2.75) is 39.2 Å². The monoisotopic (exact) mass is 683 g/mol. The Balaban J connectivity index is 1.22. The first kappa shape index (κ1) is 33.9. The molecule has 1 atom stereocenters. The van der Waals surface area contributed by atoms with Crippen LogP contribution < -0.4 is 20.0 Å². The molecule has 1 aliphatic heterocycles. The van der Waals surface area contributed by atoms with Crippen LogP contribution in [-0.4, -0.2) is 57.2 Å². The second kappa shape index (κ2) is 14.1. The smallest absolute Gasteiger partial charge is 0.406 e. The number of hydrogen-bond acceptors (Lipinski definition) is 8. The fourth-order valence-electron chi connectivity index (χ4n) is 4.71. The number of rotatable bonds is 9. The zero-order valence-corrected chi connectivity index (χ0v) is 27.8. The van der Waals surface area contributed by atoms with Crippen molar-refractivity contribution >= 4 is 51.5 Å². The van der Waals surface area contributed by atoms with Crippen LogP contribution in [0.15, 0.2) is 78.0 Å². The first-order chi connectivity index (χ1) is 22.3. The lowest BCUT2D eigenvalue weighted by atomic mass is 9.99. The highest BCUT2D eigenvalue weighted by atomic mass is 32.2. The van der Waals surface area contributed by atoms with Crippen LogP contribution in [0.25, 0.3) is 17.1 Å². The second-order valence-electron chi connectivity index (χ2n) is 11.0. The molecule has 1 amide bonds. The average molecular weight is 684 g/mol. The molecule has 0 saturated carbocycles. The molecule has 10 nitrogen and oxygen atoms in total. The Bertz CT molecular complexity index is 1780. The van der Waals surface area contributed by atoms with Gasteiger partial charge in [0.15, 0.2) is 11.0 Å². The average Bonchev–Trinajstić information content (AvgIpc) is 3.66. The predicted molar refractivity (Wildman–Crippen MR) is 181 cm³/mol. The number of anilines is 2. The molecule has 0 spiro atoms. The minimum absolute atomic E-state index is 0.0727. The second-order valence-corrected chi connectivity index (χ2v) is 12.4. The molecule has 246 valence electrons. The van der Waals surface area contributed by atoms with Gasteiger partial charge in [0.25, 0.3) is 0 Å². The number of aromatic nitrogens is 3. The molecule has 1 aromatic heterocycles. The maximum Gasteiger partial charge on any atom is 0.573 e. The first-order valence-electron chi connectivity index (χ1n) is 14.5. The summed E-state index contributed by atoms with van der Waals surface area (Å²) < 4.78 is 42.7. The van der Waals surface area contributed by atoms with Crippen LogP contribution in [0, 0.1) is 0 Å². The van der Waals surface area contributed by atoms with Crippen LogP contribution in [-0.2, 0) is 9.63 Å². The summed E-state index contributed by atoms with van der Waals surface area (Å²) in [6, 6.07) is 18.8. The molecule has 15 heteroatoms. The van der Waals surface area contributed by atoms with Crippen molar-refractivity contribution < 1.29 is 27.5 Å². The van der Waals surface area contributed by atoms with Gasteiger partial charge < -0.3 is 9.64 Å². The van der Waals surface area contributed by atoms with Gasteiger partial charge in [0, 0.05) is 25.3 Å². The summed E-state index contributed by atoms with van der Waals surface area (Å²) in [5, 5.41) is 4.99. The highest BCUT2D eigenvalue weighted by Gasteiger charge is 2.33. The third-order valence-electron chi connectivity index (χ3n) is 7.14. The number of carbonyl (C=O) groups excluding carboxylic acids is 1. The number of thiocarbonyl (C=S) groups is 1. The van der Waals surface area contributed by atoms with E-state index in [-0.39, 0.29) is 28.4 Å². The molecule has 2 heterocycles. The SMILES string of the molecule is CC(C)c1ccc(N(C)C)cc1N1C(=O)CSC1=NC(=S)NOC(C)c1ccc(-c2ncn(-c3ccc(OC(F)(F)F)cc3)n2)cc1. The topological polar surface area (TPSA) is 97.1 Å². The number of nitrogens with zero attached hydrogens (tertiary/aromatic N) is 6. The molecule has 47 heavy (non-hydrogen) atoms. The normalized spacial score (nSPS) is 15.0. The van der Waals surface area contributed by atoms with Gasteiger partial charge in [-0.05, 0) is 72.6 Å². The highest BCUT2D eigenvalue weighted by Crippen LogP contribution is 2.36. The minimum Gasteiger partial charge on any atom is -0.406 e. The summed E-state index contributed by atoms with van der Waals surface area (Å²) >= 11 is 6.77. The fraction of sp³-hybridized carbons (Fsp3) is 0.281. The Kier molecular flexibility index (Phi) is 10.2. The summed E-state index contributed by atoms with van der Waals surface area (Å²) in [7, 11) is 3.90. The van der Waals surface area contributed by atoms with Crippen molar-refractivity contribution in [3.05, 3.63) is 84.2 Å². The number of thioether (sulfide) groups is 1. The van der Waals surface area contributed by atoms with Crippen molar-refractivity contribution in [2.75, 3.05) is 29.6 Å². The van der Waals surface area contributed by atoms with E-state index in [1.165, 1.54) is 47.0 Å². The number of benzene rings is 3. The van der Waals surface area contributed by atoms with Crippen molar-refractivity contribution in [2.24, 2.45) is 4.99 Å². The van der Waals surface area contributed by atoms with Crippen molar-refractivity contribution in [3.8, 4) is 22.8 Å². The maximum atomic E-state index is 13.0. The molecule has 0 aliphatic carbocycles. The Morgan fingerprint density at radius 3 is 2.40 bits per heavy atom. The lowest BCUT2D eigenvalue weighted by molar-refractivity contribution is -0.274. The number of amidine groups is 1. The fourth-order valence-corrected chi connectivity index (χ4v) is 5.77. The third kappa shape index (κ3) is 8.28. The summed E-state index contributed by atoms with van der Waals surface area (Å²) in [4.78, 5) is 31.2. The number of ether oxygens (including phenoxy) is 1. The largest absolute Gasteiger partial charge is 0.573 e. The van der Waals surface area contributed by atoms with E-state index in [1.807, 2.05) is 68.4 Å². The van der Waals surface area contributed by atoms with Gasteiger partial charge in [0.1, 0.15) is 18.2 Å². The summed E-state index contributed by atoms with van der Waals surface area (Å²) in [6.07, 6.45) is -3.70. The van der Waals surface area contributed by atoms with Crippen molar-refractivity contribution in [1.82, 2.24) is 20.2 Å². The maximum absolute atomic E-state index is 13.0. The number of carbonyl (C=O) groups is 1. The molecule has 0 bridgehead atoms. The van der Waals surface area contributed by atoms with Crippen LogP contribution in [0.2, 0.25) is 0 Å². The Morgan fingerprint density at radius 2 is 1.77 bits per heavy atom. The van der Waals surface area contributed by atoms with Gasteiger partial charge in [0.05, 0.1) is 17.1 Å². The van der Waals surface area contributed by atoms with Crippen LogP contribution in [0.4, 0.5) is 24.5 Å². The van der Waals surface area contributed by atoms with Gasteiger partial charge in [0.2, 0.25) is 11.0 Å². The molecule has 1 aliphatic rings. The van der Waals surface area contributed by atoms with Crippen LogP contribution in [0.5, 0.6) is 5.75 Å². The van der Waals surface area contributed by atoms with Crippen LogP contribution in [0.3, 0.4) is 0 Å². The first-order valence-corrected chi connectivity index (χ1v) is 15.9. The number of halogens is 3. The summed E-state index contributed by atoms with van der Waals surface area (Å²) in [5.41, 5.74) is 7.60. The number of hydroxylamine groups is 1. The van der Waals surface area contributed by atoms with E-state index < -0.39 is 12.5 Å². The molecule has 5 rings (SSSR count). The highest BCUT2D eigenvalue weighted by molar-refractivity contribution is 8.15. The van der Waals surface area contributed by atoms with Gasteiger partial charge in [-0.2, -0.15) is 4.99 Å². The number of nitrogens with one attached hydrogen (secondary N) is 1. The lowest BCUT2D eigenvalue weighted by Gasteiger charge is -2.24. The van der Waals surface area contributed by atoms with E-state index in [9.17, 15) is 18.0 Å². The summed E-state index contributed by atoms with van der Waals surface area (Å²) in [5.74, 6) is 0.482. The Hall–Kier alpha value is -4.47. The van der Waals surface area contributed by atoms with Gasteiger partial charge in [-0.25, -0.2) is 15.1 Å². The predicted octanol–water partition coefficient (Wildman–Crippen LogP) is 7.03. The molecular formula is C32H32F3N7O3S2. The van der Waals surface area contributed by atoms with E-state index in [1.54, 1.807) is 4.90 Å². The van der Waals surface area contributed by atoms with Crippen LogP contribution in [0.1, 0.15) is 43.9 Å². The Labute approximate surface area is 279 Å². The van der Waals surface area contributed by atoms with E-state index in [2.05, 4.69) is 39.1 Å². The Morgan fingerprint density at radius 1 is 1.06 bits per heavy atom. The third-order valence-corrected chi connectivity index (χ3v) is 8.24. The van der Waals surface area contributed by atoms with Gasteiger partial charge >= 0.3 is 6.36 Å². The van der Waals surface area contributed by atoms with Gasteiger partial charge in [-0.15, -0.1) is 18.3 Å². The standard InChI is InChI=1S/C32H32F3N7O3S2/c1-19(2)26-15-12-24(40(4)5)16-27(26)42-28(43)17-47-31(42)37-30(46)39-45-20(3)21-6-8-22(9-7-21)29-36-18-41(38-29)23-10-13-25(14-11-23)44-32(33,34)35/h6-16,18-20H,17H2,1-5H3,(H,39,46). The quantitative estimate of drug-likeness (QED) is 0.147. The molecule has 0 radical (unpaired) electrons. The van der Waals surface area contributed by atoms with E-state index >= 15 is 0 Å². The number of hydrogen-bond donors (Lipinski definition) is 1. The number of aliphatic imine (C=N–C) groups is 1. The molecule has 1 fully saturated rings. The molecule has 1 unspecified atom stereocenters. The molecule has 1 saturated heterocycles. The van der Waals surface area contributed by atoms with Crippen molar-refractivity contribution in [3.63, 3.8) is 0 Å². The summed E-state index contributed by atoms with van der Waals surface area (Å²) in [6.45, 7) is 6.01. The number of alkyl halides is 3. The molecule has 3 aromatic carbocycles. The van der Waals surface area contributed by atoms with E-state index in [0.29, 0.717) is 16.7 Å². The van der Waals surface area contributed by atoms with Gasteiger partial charge in [-0.1, -0.05) is 55.9 Å². The zero-order chi connectivity index (χ0) is 33.9. The molecular weight excluding hydrogens is 652 g/mol.